The summed E-state index contributed by atoms with van der Waals surface area (Å²) in [6, 6.07) is 6.45. The topological polar surface area (TPSA) is 79.0 Å². The van der Waals surface area contributed by atoms with E-state index in [1.807, 2.05) is 4.90 Å². The van der Waals surface area contributed by atoms with Crippen LogP contribution < -0.4 is 10.1 Å². The predicted molar refractivity (Wildman–Crippen MR) is 94.1 cm³/mol. The van der Waals surface area contributed by atoms with Gasteiger partial charge in [0.15, 0.2) is 0 Å². The van der Waals surface area contributed by atoms with Crippen molar-refractivity contribution in [3.05, 3.63) is 24.3 Å². The smallest absolute Gasteiger partial charge is 0.317 e. The Morgan fingerprint density at radius 2 is 1.68 bits per heavy atom. The van der Waals surface area contributed by atoms with Crippen molar-refractivity contribution in [2.24, 2.45) is 0 Å². The van der Waals surface area contributed by atoms with Gasteiger partial charge < -0.3 is 15.0 Å². The van der Waals surface area contributed by atoms with Gasteiger partial charge in [-0.05, 0) is 49.9 Å². The van der Waals surface area contributed by atoms with Crippen molar-refractivity contribution in [2.45, 2.75) is 36.6 Å². The summed E-state index contributed by atoms with van der Waals surface area (Å²) in [7, 11) is -1.95. The number of urea groups is 1. The maximum atomic E-state index is 12.7. The van der Waals surface area contributed by atoms with E-state index < -0.39 is 10.0 Å². The highest BCUT2D eigenvalue weighted by Crippen LogP contribution is 2.23. The molecule has 0 aliphatic carbocycles. The van der Waals surface area contributed by atoms with Crippen molar-refractivity contribution >= 4 is 16.1 Å². The number of amides is 2. The zero-order valence-electron chi connectivity index (χ0n) is 14.5. The van der Waals surface area contributed by atoms with E-state index in [1.54, 1.807) is 31.4 Å². The highest BCUT2D eigenvalue weighted by molar-refractivity contribution is 7.89. The number of benzene rings is 1. The number of hydrogen-bond donors (Lipinski definition) is 1. The van der Waals surface area contributed by atoms with Gasteiger partial charge in [-0.2, -0.15) is 4.31 Å². The van der Waals surface area contributed by atoms with Crippen LogP contribution in [0.2, 0.25) is 0 Å². The van der Waals surface area contributed by atoms with Gasteiger partial charge in [-0.3, -0.25) is 0 Å². The van der Waals surface area contributed by atoms with Crippen LogP contribution in [0.1, 0.15) is 25.7 Å². The van der Waals surface area contributed by atoms with Crippen LogP contribution in [0.3, 0.4) is 0 Å². The summed E-state index contributed by atoms with van der Waals surface area (Å²) in [5.41, 5.74) is 0. The Hall–Kier alpha value is -1.80. The molecule has 0 aromatic heterocycles. The first-order valence-corrected chi connectivity index (χ1v) is 10.1. The Kier molecular flexibility index (Phi) is 5.48. The maximum Gasteiger partial charge on any atom is 0.317 e. The fraction of sp³-hybridized carbons (Fsp3) is 0.588. The molecular weight excluding hydrogens is 342 g/mol. The van der Waals surface area contributed by atoms with Crippen LogP contribution in [0, 0.1) is 0 Å². The van der Waals surface area contributed by atoms with Gasteiger partial charge in [0.2, 0.25) is 10.0 Å². The molecular formula is C17H25N3O4S. The van der Waals surface area contributed by atoms with E-state index in [2.05, 4.69) is 5.32 Å². The molecule has 25 heavy (non-hydrogen) atoms. The van der Waals surface area contributed by atoms with Crippen molar-refractivity contribution in [2.75, 3.05) is 33.3 Å². The minimum absolute atomic E-state index is 0.0195. The van der Waals surface area contributed by atoms with Crippen molar-refractivity contribution < 1.29 is 17.9 Å². The van der Waals surface area contributed by atoms with Crippen molar-refractivity contribution in [1.29, 1.82) is 0 Å². The molecule has 0 bridgehead atoms. The number of piperidine rings is 1. The van der Waals surface area contributed by atoms with E-state index in [4.69, 9.17) is 4.74 Å². The Bertz CT molecular complexity index is 691. The fourth-order valence-corrected chi connectivity index (χ4v) is 4.79. The Labute approximate surface area is 149 Å². The third-order valence-electron chi connectivity index (χ3n) is 4.87. The van der Waals surface area contributed by atoms with E-state index in [1.165, 1.54) is 4.31 Å². The Morgan fingerprint density at radius 3 is 2.24 bits per heavy atom. The van der Waals surface area contributed by atoms with Gasteiger partial charge >= 0.3 is 6.03 Å². The van der Waals surface area contributed by atoms with E-state index in [9.17, 15) is 13.2 Å². The average Bonchev–Trinajstić information content (AvgIpc) is 3.17. The molecule has 2 aliphatic heterocycles. The van der Waals surface area contributed by atoms with E-state index >= 15 is 0 Å². The summed E-state index contributed by atoms with van der Waals surface area (Å²) < 4.78 is 32.0. The summed E-state index contributed by atoms with van der Waals surface area (Å²) in [5, 5.41) is 3.04. The number of carbonyl (C=O) groups excluding carboxylic acids is 1. The van der Waals surface area contributed by atoms with Gasteiger partial charge in [0.1, 0.15) is 5.75 Å². The summed E-state index contributed by atoms with van der Waals surface area (Å²) in [4.78, 5) is 14.2. The van der Waals surface area contributed by atoms with Gasteiger partial charge in [-0.15, -0.1) is 0 Å². The lowest BCUT2D eigenvalue weighted by Gasteiger charge is -2.32. The number of sulfonamides is 1. The summed E-state index contributed by atoms with van der Waals surface area (Å²) >= 11 is 0. The second-order valence-electron chi connectivity index (χ2n) is 6.50. The maximum absolute atomic E-state index is 12.7. The van der Waals surface area contributed by atoms with Crippen molar-refractivity contribution in [3.63, 3.8) is 0 Å². The zero-order chi connectivity index (χ0) is 17.9. The van der Waals surface area contributed by atoms with Gasteiger partial charge in [-0.25, -0.2) is 13.2 Å². The van der Waals surface area contributed by atoms with Gasteiger partial charge in [0, 0.05) is 32.2 Å². The van der Waals surface area contributed by atoms with Crippen molar-refractivity contribution in [1.82, 2.24) is 14.5 Å². The highest BCUT2D eigenvalue weighted by atomic mass is 32.2. The molecule has 7 nitrogen and oxygen atoms in total. The number of ether oxygens (including phenoxy) is 1. The largest absolute Gasteiger partial charge is 0.497 e. The molecule has 138 valence electrons. The zero-order valence-corrected chi connectivity index (χ0v) is 15.3. The lowest BCUT2D eigenvalue weighted by Crippen LogP contribution is -2.49. The van der Waals surface area contributed by atoms with Crippen LogP contribution in [-0.2, 0) is 10.0 Å². The second-order valence-corrected chi connectivity index (χ2v) is 8.44. The molecule has 2 amide bonds. The minimum Gasteiger partial charge on any atom is -0.497 e. The molecule has 2 fully saturated rings. The number of nitrogens with zero attached hydrogens (tertiary/aromatic N) is 2. The molecule has 2 saturated heterocycles. The van der Waals surface area contributed by atoms with E-state index in [0.717, 1.165) is 25.9 Å². The quantitative estimate of drug-likeness (QED) is 0.878. The third kappa shape index (κ3) is 4.07. The molecule has 2 heterocycles. The fourth-order valence-electron chi connectivity index (χ4n) is 3.32. The summed E-state index contributed by atoms with van der Waals surface area (Å²) in [6.45, 7) is 2.46. The molecule has 2 aliphatic rings. The van der Waals surface area contributed by atoms with Gasteiger partial charge in [-0.1, -0.05) is 0 Å². The standard InChI is InChI=1S/C17H25N3O4S/c1-24-15-4-6-16(7-5-15)25(22,23)20-12-8-14(9-13-20)18-17(21)19-10-2-3-11-19/h4-7,14H,2-3,8-13H2,1H3,(H,18,21). The van der Waals surface area contributed by atoms with Crippen LogP contribution in [0.25, 0.3) is 0 Å². The molecule has 8 heteroatoms. The predicted octanol–water partition coefficient (Wildman–Crippen LogP) is 1.65. The number of nitrogens with one attached hydrogen (secondary N) is 1. The normalized spacial score (nSPS) is 19.8. The highest BCUT2D eigenvalue weighted by Gasteiger charge is 2.30. The number of rotatable bonds is 4. The van der Waals surface area contributed by atoms with Crippen LogP contribution in [0.5, 0.6) is 5.75 Å². The molecule has 0 radical (unpaired) electrons. The Balaban J connectivity index is 1.56. The number of likely N-dealkylation sites (tertiary alicyclic amines) is 1. The SMILES string of the molecule is COc1ccc(S(=O)(=O)N2CCC(NC(=O)N3CCCC3)CC2)cc1. The van der Waals surface area contributed by atoms with E-state index in [-0.39, 0.29) is 17.0 Å². The molecule has 0 spiro atoms. The summed E-state index contributed by atoms with van der Waals surface area (Å²) in [5.74, 6) is 0.627. The summed E-state index contributed by atoms with van der Waals surface area (Å²) in [6.07, 6.45) is 3.39. The number of hydrogen-bond acceptors (Lipinski definition) is 4. The van der Waals surface area contributed by atoms with E-state index in [0.29, 0.717) is 31.7 Å². The molecule has 1 aromatic rings. The Morgan fingerprint density at radius 1 is 1.08 bits per heavy atom. The number of carbonyl (C=O) groups is 1. The molecule has 0 unspecified atom stereocenters. The monoisotopic (exact) mass is 367 g/mol. The van der Waals surface area contributed by atoms with Gasteiger partial charge in [0.25, 0.3) is 0 Å². The first-order chi connectivity index (χ1) is 12.0. The van der Waals surface area contributed by atoms with Crippen LogP contribution in [0.4, 0.5) is 4.79 Å². The number of methoxy groups -OCH3 is 1. The molecule has 0 saturated carbocycles. The first-order valence-electron chi connectivity index (χ1n) is 8.70. The lowest BCUT2D eigenvalue weighted by atomic mass is 10.1. The molecule has 0 atom stereocenters. The molecule has 1 aromatic carbocycles. The average molecular weight is 367 g/mol. The van der Waals surface area contributed by atoms with Crippen LogP contribution >= 0.6 is 0 Å². The first kappa shape index (κ1) is 18.0. The lowest BCUT2D eigenvalue weighted by molar-refractivity contribution is 0.197. The molecule has 1 N–H and O–H groups in total. The minimum atomic E-state index is -3.50. The van der Waals surface area contributed by atoms with Crippen molar-refractivity contribution in [3.8, 4) is 5.75 Å². The molecule has 3 rings (SSSR count). The van der Waals surface area contributed by atoms with Crippen LogP contribution in [0.15, 0.2) is 29.2 Å². The third-order valence-corrected chi connectivity index (χ3v) is 6.78. The van der Waals surface area contributed by atoms with Crippen LogP contribution in [-0.4, -0.2) is 63.0 Å². The van der Waals surface area contributed by atoms with Gasteiger partial charge in [0.05, 0.1) is 12.0 Å². The second kappa shape index (κ2) is 7.61.